The summed E-state index contributed by atoms with van der Waals surface area (Å²) >= 11 is 17.1. The Morgan fingerprint density at radius 3 is 0.557 bits per heavy atom. The smallest absolute Gasteiger partial charge is 0.305 e. The van der Waals surface area contributed by atoms with E-state index in [2.05, 4.69) is 50.5 Å². The monoisotopic (exact) mass is 937 g/mol. The molecule has 8 nitrogen and oxygen atoms in total. The first kappa shape index (κ1) is 60.3. The van der Waals surface area contributed by atoms with Crippen LogP contribution in [-0.2, 0) is 38.1 Å². The van der Waals surface area contributed by atoms with E-state index in [9.17, 15) is 19.2 Å². The van der Waals surface area contributed by atoms with Crippen molar-refractivity contribution in [1.29, 1.82) is 0 Å². The van der Waals surface area contributed by atoms with Crippen LogP contribution in [0.2, 0.25) is 0 Å². The van der Waals surface area contributed by atoms with Crippen LogP contribution in [0, 0.1) is 5.41 Å². The van der Waals surface area contributed by atoms with Gasteiger partial charge in [0.15, 0.2) is 0 Å². The van der Waals surface area contributed by atoms with Crippen molar-refractivity contribution in [2.75, 3.05) is 49.4 Å². The SMILES string of the molecule is O=C(CCCCCCCCCCS)OCC(COC(=O)CCCCCCCCCCS)(COC(=O)CCCCCCCCCCS)COC(=O)CCCCCCCCCCS. The maximum Gasteiger partial charge on any atom is 0.305 e. The second kappa shape index (κ2) is 47.2. The maximum atomic E-state index is 13.1. The summed E-state index contributed by atoms with van der Waals surface area (Å²) in [6.45, 7) is -0.728. The number of thiol groups is 4. The molecule has 0 radical (unpaired) electrons. The lowest BCUT2D eigenvalue weighted by Crippen LogP contribution is -2.44. The zero-order valence-electron chi connectivity index (χ0n) is 38.7. The molecule has 0 aliphatic rings. The largest absolute Gasteiger partial charge is 0.465 e. The molecule has 0 N–H and O–H groups in total. The first-order chi connectivity index (χ1) is 29.8. The molecule has 0 aliphatic carbocycles. The van der Waals surface area contributed by atoms with Crippen molar-refractivity contribution < 1.29 is 38.1 Å². The lowest BCUT2D eigenvalue weighted by molar-refractivity contribution is -0.170. The van der Waals surface area contributed by atoms with Crippen molar-refractivity contribution in [3.8, 4) is 0 Å². The number of carbonyl (C=O) groups is 4. The van der Waals surface area contributed by atoms with E-state index in [1.807, 2.05) is 0 Å². The third-order valence-corrected chi connectivity index (χ3v) is 12.6. The number of ether oxygens (including phenoxy) is 4. The Hall–Kier alpha value is -0.720. The van der Waals surface area contributed by atoms with Crippen molar-refractivity contribution in [2.24, 2.45) is 5.41 Å². The molecule has 0 fully saturated rings. The van der Waals surface area contributed by atoms with Gasteiger partial charge < -0.3 is 18.9 Å². The van der Waals surface area contributed by atoms with Gasteiger partial charge in [0.2, 0.25) is 0 Å². The van der Waals surface area contributed by atoms with Crippen molar-refractivity contribution >= 4 is 74.4 Å². The molecule has 0 saturated heterocycles. The zero-order valence-corrected chi connectivity index (χ0v) is 42.2. The Kier molecular flexibility index (Phi) is 46.7. The maximum absolute atomic E-state index is 13.1. The molecule has 0 atom stereocenters. The van der Waals surface area contributed by atoms with Crippen LogP contribution in [0.5, 0.6) is 0 Å². The summed E-state index contributed by atoms with van der Waals surface area (Å²) in [5.41, 5.74) is -1.21. The van der Waals surface area contributed by atoms with Gasteiger partial charge in [0.05, 0.1) is 0 Å². The minimum Gasteiger partial charge on any atom is -0.465 e. The molecule has 61 heavy (non-hydrogen) atoms. The lowest BCUT2D eigenvalue weighted by Gasteiger charge is -2.31. The number of esters is 4. The van der Waals surface area contributed by atoms with Gasteiger partial charge in [0.1, 0.15) is 31.8 Å². The summed E-state index contributed by atoms with van der Waals surface area (Å²) in [5.74, 6) is 2.31. The van der Waals surface area contributed by atoms with Gasteiger partial charge in [-0.3, -0.25) is 19.2 Å². The second-order valence-electron chi connectivity index (χ2n) is 17.4. The van der Waals surface area contributed by atoms with Gasteiger partial charge >= 0.3 is 23.9 Å². The summed E-state index contributed by atoms with van der Waals surface area (Å²) in [4.78, 5) is 52.2. The third kappa shape index (κ3) is 43.0. The van der Waals surface area contributed by atoms with E-state index in [1.165, 1.54) is 77.0 Å². The molecular formula is C49H92O8S4. The second-order valence-corrected chi connectivity index (χ2v) is 19.1. The van der Waals surface area contributed by atoms with E-state index in [-0.39, 0.29) is 76.0 Å². The molecule has 0 rings (SSSR count). The number of carbonyl (C=O) groups excluding carboxylic acids is 4. The summed E-state index contributed by atoms with van der Waals surface area (Å²) in [6.07, 6.45) is 35.8. The molecule has 0 amide bonds. The summed E-state index contributed by atoms with van der Waals surface area (Å²) in [7, 11) is 0. The third-order valence-electron chi connectivity index (χ3n) is 11.3. The van der Waals surface area contributed by atoms with Crippen molar-refractivity contribution in [2.45, 2.75) is 231 Å². The average Bonchev–Trinajstić information content (AvgIpc) is 3.26. The highest BCUT2D eigenvalue weighted by Crippen LogP contribution is 2.24. The Balaban J connectivity index is 5.45. The Labute approximate surface area is 396 Å². The van der Waals surface area contributed by atoms with Gasteiger partial charge in [-0.1, -0.05) is 154 Å². The van der Waals surface area contributed by atoms with E-state index in [0.29, 0.717) is 0 Å². The van der Waals surface area contributed by atoms with E-state index in [0.717, 1.165) is 151 Å². The van der Waals surface area contributed by atoms with Crippen LogP contribution in [0.25, 0.3) is 0 Å². The van der Waals surface area contributed by atoms with Crippen LogP contribution in [0.1, 0.15) is 231 Å². The van der Waals surface area contributed by atoms with Crippen LogP contribution in [0.3, 0.4) is 0 Å². The molecule has 0 saturated carbocycles. The van der Waals surface area contributed by atoms with Crippen molar-refractivity contribution in [1.82, 2.24) is 0 Å². The van der Waals surface area contributed by atoms with E-state index in [4.69, 9.17) is 18.9 Å². The lowest BCUT2D eigenvalue weighted by atomic mass is 9.92. The summed E-state index contributed by atoms with van der Waals surface area (Å²) in [6, 6.07) is 0. The normalized spacial score (nSPS) is 11.5. The predicted molar refractivity (Wildman–Crippen MR) is 268 cm³/mol. The highest BCUT2D eigenvalue weighted by atomic mass is 32.1. The van der Waals surface area contributed by atoms with Gasteiger partial charge in [-0.05, 0) is 74.4 Å². The molecule has 360 valence electrons. The van der Waals surface area contributed by atoms with Crippen LogP contribution >= 0.6 is 50.5 Å². The number of unbranched alkanes of at least 4 members (excludes halogenated alkanes) is 28. The molecule has 0 aliphatic heterocycles. The molecule has 12 heteroatoms. The van der Waals surface area contributed by atoms with Gasteiger partial charge in [0, 0.05) is 25.7 Å². The summed E-state index contributed by atoms with van der Waals surface area (Å²) in [5, 5.41) is 0. The zero-order chi connectivity index (χ0) is 44.8. The fourth-order valence-electron chi connectivity index (χ4n) is 7.24. The number of hydrogen-bond donors (Lipinski definition) is 4. The predicted octanol–water partition coefficient (Wildman–Crippen LogP) is 13.9. The Bertz CT molecular complexity index is 860. The number of rotatable bonds is 48. The van der Waals surface area contributed by atoms with Crippen molar-refractivity contribution in [3.05, 3.63) is 0 Å². The summed E-state index contributed by atoms with van der Waals surface area (Å²) < 4.78 is 23.3. The molecular weight excluding hydrogens is 845 g/mol. The molecule has 0 spiro atoms. The molecule has 0 bridgehead atoms. The topological polar surface area (TPSA) is 105 Å². The molecule has 0 heterocycles. The standard InChI is InChI=1S/C49H92O8S4/c50-45(33-25-17-9-1-5-13-21-29-37-58)54-41-49(42-55-46(51)34-26-18-10-2-6-14-22-30-38-59,43-56-47(52)35-27-19-11-3-7-15-23-31-39-60)44-57-48(53)36-28-20-12-4-8-16-24-32-40-61/h58-61H,1-44H2. The highest BCUT2D eigenvalue weighted by molar-refractivity contribution is 7.80. The molecule has 0 aromatic heterocycles. The van der Waals surface area contributed by atoms with E-state index < -0.39 is 5.41 Å². The fraction of sp³-hybridized carbons (Fsp3) is 0.918. The van der Waals surface area contributed by atoms with E-state index in [1.54, 1.807) is 0 Å². The Morgan fingerprint density at radius 1 is 0.246 bits per heavy atom. The van der Waals surface area contributed by atoms with E-state index >= 15 is 0 Å². The fourth-order valence-corrected chi connectivity index (χ4v) is 8.13. The first-order valence-corrected chi connectivity index (χ1v) is 27.4. The van der Waals surface area contributed by atoms with Gasteiger partial charge in [-0.25, -0.2) is 0 Å². The molecule has 0 unspecified atom stereocenters. The van der Waals surface area contributed by atoms with Crippen LogP contribution in [0.15, 0.2) is 0 Å². The minimum absolute atomic E-state index is 0.182. The molecule has 0 aromatic carbocycles. The van der Waals surface area contributed by atoms with Crippen LogP contribution < -0.4 is 0 Å². The van der Waals surface area contributed by atoms with Crippen LogP contribution in [0.4, 0.5) is 0 Å². The van der Waals surface area contributed by atoms with Crippen LogP contribution in [-0.4, -0.2) is 73.3 Å². The highest BCUT2D eigenvalue weighted by Gasteiger charge is 2.38. The average molecular weight is 938 g/mol. The minimum atomic E-state index is -1.21. The quantitative estimate of drug-likeness (QED) is 0.0207. The van der Waals surface area contributed by atoms with Gasteiger partial charge in [-0.15, -0.1) is 0 Å². The van der Waals surface area contributed by atoms with Crippen molar-refractivity contribution in [3.63, 3.8) is 0 Å². The Morgan fingerprint density at radius 2 is 0.393 bits per heavy atom. The number of hydrogen-bond acceptors (Lipinski definition) is 12. The van der Waals surface area contributed by atoms with Gasteiger partial charge in [0.25, 0.3) is 0 Å². The first-order valence-electron chi connectivity index (χ1n) is 24.9. The molecule has 0 aromatic rings. The van der Waals surface area contributed by atoms with Gasteiger partial charge in [-0.2, -0.15) is 50.5 Å².